The molecule has 2 nitrogen and oxygen atoms in total. The van der Waals surface area contributed by atoms with Crippen LogP contribution in [0, 0.1) is 19.3 Å². The van der Waals surface area contributed by atoms with Gasteiger partial charge in [0.25, 0.3) is 0 Å². The standard InChI is InChI=1S/C16H20O2/c1-10-7-11(2)13-5-6-16(4,9-12(3)17)15(18)14(13)8-10/h7-8H,5-6,9H2,1-4H3/t16-/m1/s1. The lowest BCUT2D eigenvalue weighted by atomic mass is 9.68. The van der Waals surface area contributed by atoms with Gasteiger partial charge in [0.2, 0.25) is 0 Å². The van der Waals surface area contributed by atoms with Gasteiger partial charge in [-0.3, -0.25) is 9.59 Å². The van der Waals surface area contributed by atoms with E-state index in [1.165, 1.54) is 11.1 Å². The highest BCUT2D eigenvalue weighted by atomic mass is 16.1. The summed E-state index contributed by atoms with van der Waals surface area (Å²) in [5.41, 5.74) is 3.82. The smallest absolute Gasteiger partial charge is 0.169 e. The largest absolute Gasteiger partial charge is 0.300 e. The Bertz CT molecular complexity index is 528. The fraction of sp³-hybridized carbons (Fsp3) is 0.500. The van der Waals surface area contributed by atoms with Gasteiger partial charge in [0.05, 0.1) is 0 Å². The number of aryl methyl sites for hydroxylation is 2. The van der Waals surface area contributed by atoms with E-state index < -0.39 is 5.41 Å². The van der Waals surface area contributed by atoms with E-state index in [1.807, 2.05) is 19.9 Å². The van der Waals surface area contributed by atoms with E-state index in [2.05, 4.69) is 13.0 Å². The lowest BCUT2D eigenvalue weighted by Crippen LogP contribution is -2.35. The van der Waals surface area contributed by atoms with Crippen molar-refractivity contribution in [1.82, 2.24) is 0 Å². The molecule has 2 heteroatoms. The van der Waals surface area contributed by atoms with Crippen LogP contribution in [-0.4, -0.2) is 11.6 Å². The molecule has 0 aliphatic heterocycles. The molecule has 0 saturated carbocycles. The van der Waals surface area contributed by atoms with Crippen LogP contribution in [-0.2, 0) is 11.2 Å². The van der Waals surface area contributed by atoms with Crippen LogP contribution in [0.5, 0.6) is 0 Å². The van der Waals surface area contributed by atoms with E-state index >= 15 is 0 Å². The molecule has 0 amide bonds. The molecule has 1 atom stereocenters. The first-order valence-electron chi connectivity index (χ1n) is 6.48. The topological polar surface area (TPSA) is 34.1 Å². The summed E-state index contributed by atoms with van der Waals surface area (Å²) in [4.78, 5) is 24.0. The molecule has 0 bridgehead atoms. The minimum absolute atomic E-state index is 0.0960. The lowest BCUT2D eigenvalue weighted by Gasteiger charge is -2.33. The average Bonchev–Trinajstić information content (AvgIpc) is 2.23. The van der Waals surface area contributed by atoms with Crippen LogP contribution in [0.3, 0.4) is 0 Å². The SMILES string of the molecule is CC(=O)C[C@@]1(C)CCc2c(C)cc(C)cc2C1=O. The normalized spacial score (nSPS) is 22.8. The maximum atomic E-state index is 12.6. The molecule has 1 aromatic rings. The number of rotatable bonds is 2. The minimum Gasteiger partial charge on any atom is -0.300 e. The van der Waals surface area contributed by atoms with Crippen LogP contribution in [0.4, 0.5) is 0 Å². The Kier molecular flexibility index (Phi) is 3.14. The molecule has 0 radical (unpaired) electrons. The molecule has 1 aromatic carbocycles. The van der Waals surface area contributed by atoms with Gasteiger partial charge >= 0.3 is 0 Å². The molecule has 96 valence electrons. The van der Waals surface area contributed by atoms with Crippen LogP contribution in [0.1, 0.15) is 53.7 Å². The van der Waals surface area contributed by atoms with Crippen LogP contribution in [0.2, 0.25) is 0 Å². The molecule has 1 aliphatic carbocycles. The number of ketones is 2. The monoisotopic (exact) mass is 244 g/mol. The molecular formula is C16H20O2. The van der Waals surface area contributed by atoms with Crippen molar-refractivity contribution in [3.05, 3.63) is 34.4 Å². The second-order valence-electron chi connectivity index (χ2n) is 5.88. The first-order chi connectivity index (χ1) is 8.33. The zero-order valence-electron chi connectivity index (χ0n) is 11.6. The first kappa shape index (κ1) is 13.0. The van der Waals surface area contributed by atoms with Crippen LogP contribution < -0.4 is 0 Å². The van der Waals surface area contributed by atoms with Gasteiger partial charge in [0.15, 0.2) is 5.78 Å². The Hall–Kier alpha value is -1.44. The summed E-state index contributed by atoms with van der Waals surface area (Å²) in [5.74, 6) is 0.240. The summed E-state index contributed by atoms with van der Waals surface area (Å²) in [6.45, 7) is 7.57. The van der Waals surface area contributed by atoms with Gasteiger partial charge in [0.1, 0.15) is 5.78 Å². The zero-order chi connectivity index (χ0) is 13.5. The third kappa shape index (κ3) is 2.12. The van der Waals surface area contributed by atoms with Gasteiger partial charge < -0.3 is 0 Å². The van der Waals surface area contributed by atoms with Crippen molar-refractivity contribution < 1.29 is 9.59 Å². The third-order valence-electron chi connectivity index (χ3n) is 3.98. The van der Waals surface area contributed by atoms with E-state index in [0.717, 1.165) is 24.0 Å². The predicted molar refractivity (Wildman–Crippen MR) is 72.0 cm³/mol. The molecule has 0 saturated heterocycles. The van der Waals surface area contributed by atoms with Crippen LogP contribution in [0.15, 0.2) is 12.1 Å². The molecule has 0 heterocycles. The van der Waals surface area contributed by atoms with Crippen molar-refractivity contribution >= 4 is 11.6 Å². The molecule has 2 rings (SSSR count). The fourth-order valence-electron chi connectivity index (χ4n) is 3.09. The Balaban J connectivity index is 2.48. The average molecular weight is 244 g/mol. The summed E-state index contributed by atoms with van der Waals surface area (Å²) in [6, 6.07) is 4.10. The van der Waals surface area contributed by atoms with Gasteiger partial charge in [-0.15, -0.1) is 0 Å². The molecule has 0 spiro atoms. The predicted octanol–water partition coefficient (Wildman–Crippen LogP) is 3.42. The summed E-state index contributed by atoms with van der Waals surface area (Å²) in [6.07, 6.45) is 2.04. The van der Waals surface area contributed by atoms with Crippen molar-refractivity contribution in [1.29, 1.82) is 0 Å². The Morgan fingerprint density at radius 3 is 2.61 bits per heavy atom. The van der Waals surface area contributed by atoms with Gasteiger partial charge in [-0.25, -0.2) is 0 Å². The van der Waals surface area contributed by atoms with E-state index in [1.54, 1.807) is 6.92 Å². The van der Waals surface area contributed by atoms with Crippen LogP contribution >= 0.6 is 0 Å². The third-order valence-corrected chi connectivity index (χ3v) is 3.98. The first-order valence-corrected chi connectivity index (χ1v) is 6.48. The van der Waals surface area contributed by atoms with Crippen LogP contribution in [0.25, 0.3) is 0 Å². The van der Waals surface area contributed by atoms with Gasteiger partial charge in [-0.2, -0.15) is 0 Å². The number of hydrogen-bond donors (Lipinski definition) is 0. The highest BCUT2D eigenvalue weighted by Crippen LogP contribution is 2.39. The number of carbonyl (C=O) groups is 2. The quantitative estimate of drug-likeness (QED) is 0.798. The Morgan fingerprint density at radius 2 is 2.00 bits per heavy atom. The number of carbonyl (C=O) groups excluding carboxylic acids is 2. The lowest BCUT2D eigenvalue weighted by molar-refractivity contribution is -0.118. The molecule has 1 aliphatic rings. The van der Waals surface area contributed by atoms with Gasteiger partial charge in [0, 0.05) is 17.4 Å². The van der Waals surface area contributed by atoms with E-state index in [0.29, 0.717) is 6.42 Å². The molecule has 0 fully saturated rings. The molecule has 18 heavy (non-hydrogen) atoms. The summed E-state index contributed by atoms with van der Waals surface area (Å²) < 4.78 is 0. The highest BCUT2D eigenvalue weighted by Gasteiger charge is 2.39. The Morgan fingerprint density at radius 1 is 1.33 bits per heavy atom. The second-order valence-corrected chi connectivity index (χ2v) is 5.88. The maximum Gasteiger partial charge on any atom is 0.169 e. The molecule has 0 aromatic heterocycles. The highest BCUT2D eigenvalue weighted by molar-refractivity contribution is 6.04. The summed E-state index contributed by atoms with van der Waals surface area (Å²) in [5, 5.41) is 0. The van der Waals surface area contributed by atoms with Gasteiger partial charge in [-0.1, -0.05) is 18.6 Å². The van der Waals surface area contributed by atoms with Crippen molar-refractivity contribution in [3.8, 4) is 0 Å². The summed E-state index contributed by atoms with van der Waals surface area (Å²) >= 11 is 0. The Labute approximate surface area is 108 Å². The zero-order valence-corrected chi connectivity index (χ0v) is 11.6. The second kappa shape index (κ2) is 4.34. The number of hydrogen-bond acceptors (Lipinski definition) is 2. The molecule has 0 N–H and O–H groups in total. The van der Waals surface area contributed by atoms with E-state index in [-0.39, 0.29) is 11.6 Å². The van der Waals surface area contributed by atoms with Crippen molar-refractivity contribution in [2.75, 3.05) is 0 Å². The maximum absolute atomic E-state index is 12.6. The number of Topliss-reactive ketones (excluding diaryl/α,β-unsaturated/α-hetero) is 2. The van der Waals surface area contributed by atoms with Crippen molar-refractivity contribution in [2.24, 2.45) is 5.41 Å². The van der Waals surface area contributed by atoms with E-state index in [9.17, 15) is 9.59 Å². The molecular weight excluding hydrogens is 224 g/mol. The number of fused-ring (bicyclic) bond motifs is 1. The number of benzene rings is 1. The van der Waals surface area contributed by atoms with Crippen molar-refractivity contribution in [2.45, 2.75) is 47.0 Å². The van der Waals surface area contributed by atoms with Crippen molar-refractivity contribution in [3.63, 3.8) is 0 Å². The fourth-order valence-corrected chi connectivity index (χ4v) is 3.09. The van der Waals surface area contributed by atoms with E-state index in [4.69, 9.17) is 0 Å². The van der Waals surface area contributed by atoms with Gasteiger partial charge in [-0.05, 0) is 50.8 Å². The molecule has 0 unspecified atom stereocenters. The summed E-state index contributed by atoms with van der Waals surface area (Å²) in [7, 11) is 0. The minimum atomic E-state index is -0.501.